The third kappa shape index (κ3) is 5.86. The number of hydrogen-bond acceptors (Lipinski definition) is 7. The van der Waals surface area contributed by atoms with Gasteiger partial charge in [0.1, 0.15) is 11.5 Å². The third-order valence-corrected chi connectivity index (χ3v) is 6.84. The van der Waals surface area contributed by atoms with Gasteiger partial charge >= 0.3 is 0 Å². The molecule has 2 aromatic carbocycles. The van der Waals surface area contributed by atoms with Crippen LogP contribution in [0.5, 0.6) is 17.2 Å². The van der Waals surface area contributed by atoms with Crippen LogP contribution in [0.1, 0.15) is 44.4 Å². The molecule has 1 aliphatic rings. The molecule has 2 aromatic rings. The number of Topliss-reactive ketones (excluding diaryl/α,β-unsaturated/α-hetero) is 1. The Kier molecular flexibility index (Phi) is 9.83. The van der Waals surface area contributed by atoms with Crippen molar-refractivity contribution in [3.8, 4) is 17.2 Å². The minimum atomic E-state index is -0.868. The van der Waals surface area contributed by atoms with Gasteiger partial charge in [-0.3, -0.25) is 9.59 Å². The molecule has 1 amide bonds. The Hall–Kier alpha value is -3.23. The summed E-state index contributed by atoms with van der Waals surface area (Å²) in [6, 6.07) is 9.17. The number of carbonyl (C=O) groups excluding carboxylic acids is 2. The minimum absolute atomic E-state index is 0.0281. The van der Waals surface area contributed by atoms with E-state index in [1.165, 1.54) is 25.2 Å². The first-order valence-corrected chi connectivity index (χ1v) is 12.8. The number of rotatable bonds is 12. The summed E-state index contributed by atoms with van der Waals surface area (Å²) in [4.78, 5) is 30.4. The number of benzene rings is 2. The maximum Gasteiger partial charge on any atom is 0.295 e. The average molecular weight is 531 g/mol. The number of nitrogens with zero attached hydrogens (tertiary/aromatic N) is 2. The molecule has 8 nitrogen and oxygen atoms in total. The number of ether oxygens (including phenoxy) is 3. The van der Waals surface area contributed by atoms with Gasteiger partial charge in [-0.1, -0.05) is 37.6 Å². The van der Waals surface area contributed by atoms with E-state index in [0.717, 1.165) is 19.6 Å². The van der Waals surface area contributed by atoms with Crippen LogP contribution in [0.25, 0.3) is 5.76 Å². The molecular weight excluding hydrogens is 496 g/mol. The Balaban J connectivity index is 2.14. The summed E-state index contributed by atoms with van der Waals surface area (Å²) in [6.07, 6.45) is 0.659. The zero-order valence-corrected chi connectivity index (χ0v) is 22.8. The van der Waals surface area contributed by atoms with E-state index in [-0.39, 0.29) is 16.4 Å². The van der Waals surface area contributed by atoms with Gasteiger partial charge < -0.3 is 29.1 Å². The van der Waals surface area contributed by atoms with Crippen molar-refractivity contribution in [3.63, 3.8) is 0 Å². The second-order valence-electron chi connectivity index (χ2n) is 8.53. The molecule has 200 valence electrons. The molecule has 1 heterocycles. The van der Waals surface area contributed by atoms with Crippen LogP contribution >= 0.6 is 11.6 Å². The minimum Gasteiger partial charge on any atom is -0.507 e. The van der Waals surface area contributed by atoms with E-state index in [0.29, 0.717) is 47.9 Å². The van der Waals surface area contributed by atoms with Gasteiger partial charge in [-0.15, -0.1) is 0 Å². The van der Waals surface area contributed by atoms with Crippen LogP contribution in [0, 0.1) is 0 Å². The Labute approximate surface area is 223 Å². The average Bonchev–Trinajstić information content (AvgIpc) is 3.16. The first-order valence-electron chi connectivity index (χ1n) is 12.5. The van der Waals surface area contributed by atoms with E-state index in [1.807, 2.05) is 6.92 Å². The Morgan fingerprint density at radius 3 is 2.38 bits per heavy atom. The van der Waals surface area contributed by atoms with Crippen molar-refractivity contribution in [2.75, 3.05) is 47.0 Å². The number of amides is 1. The SMILES string of the molecule is CCOc1ccc(/C(O)=C2/C(=O)C(=O)N(CCCN(CC)CC)C2c2cccc(OC)c2OC)cc1Cl. The van der Waals surface area contributed by atoms with Crippen molar-refractivity contribution in [1.29, 1.82) is 0 Å². The molecule has 1 fully saturated rings. The van der Waals surface area contributed by atoms with Gasteiger partial charge in [0.2, 0.25) is 0 Å². The predicted octanol–water partition coefficient (Wildman–Crippen LogP) is 4.91. The summed E-state index contributed by atoms with van der Waals surface area (Å²) in [5, 5.41) is 11.7. The van der Waals surface area contributed by atoms with E-state index in [9.17, 15) is 14.7 Å². The highest BCUT2D eigenvalue weighted by atomic mass is 35.5. The molecule has 0 radical (unpaired) electrons. The molecule has 0 aliphatic carbocycles. The highest BCUT2D eigenvalue weighted by Gasteiger charge is 2.47. The summed E-state index contributed by atoms with van der Waals surface area (Å²) in [5.74, 6) is -0.444. The molecule has 0 saturated carbocycles. The van der Waals surface area contributed by atoms with Gasteiger partial charge in [0.05, 0.1) is 37.5 Å². The summed E-state index contributed by atoms with van der Waals surface area (Å²) in [7, 11) is 3.02. The quantitative estimate of drug-likeness (QED) is 0.237. The molecule has 1 atom stereocenters. The predicted molar refractivity (Wildman–Crippen MR) is 144 cm³/mol. The van der Waals surface area contributed by atoms with E-state index in [1.54, 1.807) is 30.3 Å². The standard InChI is InChI=1S/C28H35ClN2O6/c1-6-30(7-2)15-10-16-31-24(19-11-9-12-22(35-4)27(19)36-5)23(26(33)28(31)34)25(32)18-13-14-21(37-8-3)20(29)17-18/h9,11-14,17,24,32H,6-8,10,15-16H2,1-5H3/b25-23-. The van der Waals surface area contributed by atoms with Gasteiger partial charge in [-0.05, 0) is 57.2 Å². The van der Waals surface area contributed by atoms with Gasteiger partial charge in [0.15, 0.2) is 11.5 Å². The molecule has 37 heavy (non-hydrogen) atoms. The number of halogens is 1. The smallest absolute Gasteiger partial charge is 0.295 e. The van der Waals surface area contributed by atoms with Crippen LogP contribution in [-0.4, -0.2) is 73.6 Å². The maximum absolute atomic E-state index is 13.4. The van der Waals surface area contributed by atoms with Crippen molar-refractivity contribution < 1.29 is 28.9 Å². The third-order valence-electron chi connectivity index (χ3n) is 6.54. The molecule has 9 heteroatoms. The molecule has 1 aliphatic heterocycles. The second-order valence-corrected chi connectivity index (χ2v) is 8.94. The second kappa shape index (κ2) is 12.8. The number of carbonyl (C=O) groups is 2. The van der Waals surface area contributed by atoms with E-state index < -0.39 is 17.7 Å². The lowest BCUT2D eigenvalue weighted by molar-refractivity contribution is -0.140. The van der Waals surface area contributed by atoms with Crippen molar-refractivity contribution in [1.82, 2.24) is 9.80 Å². The number of methoxy groups -OCH3 is 2. The van der Waals surface area contributed by atoms with Crippen LogP contribution in [0.15, 0.2) is 42.0 Å². The van der Waals surface area contributed by atoms with Crippen molar-refractivity contribution >= 4 is 29.1 Å². The highest BCUT2D eigenvalue weighted by molar-refractivity contribution is 6.46. The van der Waals surface area contributed by atoms with Crippen LogP contribution in [0.3, 0.4) is 0 Å². The lowest BCUT2D eigenvalue weighted by Gasteiger charge is -2.28. The van der Waals surface area contributed by atoms with Crippen LogP contribution < -0.4 is 14.2 Å². The zero-order chi connectivity index (χ0) is 27.1. The molecule has 1 N–H and O–H groups in total. The Bertz CT molecular complexity index is 1160. The molecule has 1 unspecified atom stereocenters. The van der Waals surface area contributed by atoms with Crippen molar-refractivity contribution in [3.05, 3.63) is 58.1 Å². The topological polar surface area (TPSA) is 88.5 Å². The molecule has 0 aromatic heterocycles. The number of para-hydroxylation sites is 1. The van der Waals surface area contributed by atoms with Crippen molar-refractivity contribution in [2.24, 2.45) is 0 Å². The molecular formula is C28H35ClN2O6. The Morgan fingerprint density at radius 1 is 1.05 bits per heavy atom. The van der Waals surface area contributed by atoms with E-state index in [2.05, 4.69) is 18.7 Å². The monoisotopic (exact) mass is 530 g/mol. The molecule has 0 spiro atoms. The first kappa shape index (κ1) is 28.3. The molecule has 0 bridgehead atoms. The fourth-order valence-electron chi connectivity index (χ4n) is 4.64. The van der Waals surface area contributed by atoms with Crippen LogP contribution in [-0.2, 0) is 9.59 Å². The number of ketones is 1. The van der Waals surface area contributed by atoms with E-state index in [4.69, 9.17) is 25.8 Å². The summed E-state index contributed by atoms with van der Waals surface area (Å²) < 4.78 is 16.6. The zero-order valence-electron chi connectivity index (χ0n) is 22.0. The molecule has 3 rings (SSSR count). The lowest BCUT2D eigenvalue weighted by Crippen LogP contribution is -2.33. The van der Waals surface area contributed by atoms with Gasteiger partial charge in [-0.2, -0.15) is 0 Å². The summed E-state index contributed by atoms with van der Waals surface area (Å²) >= 11 is 6.36. The van der Waals surface area contributed by atoms with Gasteiger partial charge in [0, 0.05) is 17.7 Å². The number of aliphatic hydroxyl groups excluding tert-OH is 1. The number of hydrogen-bond donors (Lipinski definition) is 1. The summed E-state index contributed by atoms with van der Waals surface area (Å²) in [6.45, 7) is 9.31. The number of likely N-dealkylation sites (tertiary alicyclic amines) is 1. The summed E-state index contributed by atoms with van der Waals surface area (Å²) in [5.41, 5.74) is 0.823. The van der Waals surface area contributed by atoms with E-state index >= 15 is 0 Å². The van der Waals surface area contributed by atoms with Crippen LogP contribution in [0.4, 0.5) is 0 Å². The van der Waals surface area contributed by atoms with Crippen LogP contribution in [0.2, 0.25) is 5.02 Å². The number of aliphatic hydroxyl groups is 1. The lowest BCUT2D eigenvalue weighted by atomic mass is 9.94. The fraction of sp³-hybridized carbons (Fsp3) is 0.429. The van der Waals surface area contributed by atoms with Crippen molar-refractivity contribution in [2.45, 2.75) is 33.2 Å². The van der Waals surface area contributed by atoms with Gasteiger partial charge in [0.25, 0.3) is 11.7 Å². The van der Waals surface area contributed by atoms with Gasteiger partial charge in [-0.25, -0.2) is 0 Å². The highest BCUT2D eigenvalue weighted by Crippen LogP contribution is 2.45. The Morgan fingerprint density at radius 2 is 1.78 bits per heavy atom. The fourth-order valence-corrected chi connectivity index (χ4v) is 4.88. The largest absolute Gasteiger partial charge is 0.507 e. The normalized spacial score (nSPS) is 16.9. The molecule has 1 saturated heterocycles. The first-order chi connectivity index (χ1) is 17.8. The maximum atomic E-state index is 13.4.